The summed E-state index contributed by atoms with van der Waals surface area (Å²) in [6.07, 6.45) is 0. The standard InChI is InChI=1S/C13H11N3S/c1-8-15-12(14)11-10(7-17-13(11)16-8)9-5-3-2-4-6-9/h2-7H,1H3,(H2,14,15,16). The van der Waals surface area contributed by atoms with Gasteiger partial charge in [-0.2, -0.15) is 0 Å². The molecule has 3 aromatic rings. The minimum absolute atomic E-state index is 0.563. The Labute approximate surface area is 103 Å². The first-order valence-corrected chi connectivity index (χ1v) is 6.20. The van der Waals surface area contributed by atoms with E-state index in [4.69, 9.17) is 5.73 Å². The van der Waals surface area contributed by atoms with Crippen LogP contribution in [0.2, 0.25) is 0 Å². The number of rotatable bonds is 1. The lowest BCUT2D eigenvalue weighted by Gasteiger charge is -2.02. The second-order valence-electron chi connectivity index (χ2n) is 3.85. The maximum absolute atomic E-state index is 6.00. The van der Waals surface area contributed by atoms with E-state index >= 15 is 0 Å². The average molecular weight is 241 g/mol. The highest BCUT2D eigenvalue weighted by Crippen LogP contribution is 2.35. The predicted octanol–water partition coefficient (Wildman–Crippen LogP) is 3.25. The Morgan fingerprint density at radius 1 is 1.12 bits per heavy atom. The summed E-state index contributed by atoms with van der Waals surface area (Å²) >= 11 is 1.61. The van der Waals surface area contributed by atoms with Crippen LogP contribution in [-0.4, -0.2) is 9.97 Å². The van der Waals surface area contributed by atoms with Crippen LogP contribution in [0.3, 0.4) is 0 Å². The lowest BCUT2D eigenvalue weighted by molar-refractivity contribution is 1.11. The van der Waals surface area contributed by atoms with E-state index < -0.39 is 0 Å². The molecule has 2 aromatic heterocycles. The van der Waals surface area contributed by atoms with Crippen LogP contribution in [0, 0.1) is 6.92 Å². The maximum atomic E-state index is 6.00. The molecule has 0 amide bonds. The summed E-state index contributed by atoms with van der Waals surface area (Å²) in [6, 6.07) is 10.2. The summed E-state index contributed by atoms with van der Waals surface area (Å²) in [6.45, 7) is 1.86. The van der Waals surface area contributed by atoms with Crippen LogP contribution in [0.1, 0.15) is 5.82 Å². The zero-order valence-electron chi connectivity index (χ0n) is 9.34. The van der Waals surface area contributed by atoms with Gasteiger partial charge in [0.15, 0.2) is 0 Å². The molecular weight excluding hydrogens is 230 g/mol. The fourth-order valence-electron chi connectivity index (χ4n) is 1.91. The molecule has 3 rings (SSSR count). The Morgan fingerprint density at radius 2 is 1.88 bits per heavy atom. The Kier molecular flexibility index (Phi) is 2.30. The van der Waals surface area contributed by atoms with Gasteiger partial charge in [-0.05, 0) is 12.5 Å². The third-order valence-electron chi connectivity index (χ3n) is 2.66. The molecule has 0 bridgehead atoms. The van der Waals surface area contributed by atoms with Gasteiger partial charge in [-0.3, -0.25) is 0 Å². The molecule has 2 heterocycles. The van der Waals surface area contributed by atoms with E-state index in [1.54, 1.807) is 11.3 Å². The highest BCUT2D eigenvalue weighted by molar-refractivity contribution is 7.17. The van der Waals surface area contributed by atoms with Crippen molar-refractivity contribution in [2.24, 2.45) is 0 Å². The smallest absolute Gasteiger partial charge is 0.136 e. The van der Waals surface area contributed by atoms with Gasteiger partial charge in [0.1, 0.15) is 16.5 Å². The van der Waals surface area contributed by atoms with Crippen LogP contribution in [0.4, 0.5) is 5.82 Å². The zero-order chi connectivity index (χ0) is 11.8. The Balaban J connectivity index is 2.32. The van der Waals surface area contributed by atoms with E-state index in [0.29, 0.717) is 5.82 Å². The highest BCUT2D eigenvalue weighted by atomic mass is 32.1. The first-order valence-electron chi connectivity index (χ1n) is 5.32. The first kappa shape index (κ1) is 10.2. The molecule has 17 heavy (non-hydrogen) atoms. The van der Waals surface area contributed by atoms with Crippen molar-refractivity contribution in [3.8, 4) is 11.1 Å². The summed E-state index contributed by atoms with van der Waals surface area (Å²) in [5, 5.41) is 3.05. The van der Waals surface area contributed by atoms with Crippen molar-refractivity contribution >= 4 is 27.4 Å². The normalized spacial score (nSPS) is 10.9. The minimum atomic E-state index is 0.563. The van der Waals surface area contributed by atoms with Gasteiger partial charge in [0.05, 0.1) is 5.39 Å². The number of thiophene rings is 1. The van der Waals surface area contributed by atoms with E-state index in [2.05, 4.69) is 27.5 Å². The largest absolute Gasteiger partial charge is 0.383 e. The van der Waals surface area contributed by atoms with Crippen LogP contribution >= 0.6 is 11.3 Å². The number of fused-ring (bicyclic) bond motifs is 1. The molecular formula is C13H11N3S. The molecule has 0 aliphatic heterocycles. The van der Waals surface area contributed by atoms with Gasteiger partial charge in [0, 0.05) is 10.9 Å². The van der Waals surface area contributed by atoms with Crippen molar-refractivity contribution in [3.63, 3.8) is 0 Å². The van der Waals surface area contributed by atoms with Gasteiger partial charge in [0.25, 0.3) is 0 Å². The summed E-state index contributed by atoms with van der Waals surface area (Å²) in [5.74, 6) is 1.28. The number of aryl methyl sites for hydroxylation is 1. The van der Waals surface area contributed by atoms with E-state index in [-0.39, 0.29) is 0 Å². The number of benzene rings is 1. The predicted molar refractivity (Wildman–Crippen MR) is 72.0 cm³/mol. The van der Waals surface area contributed by atoms with Crippen molar-refractivity contribution in [2.45, 2.75) is 6.92 Å². The zero-order valence-corrected chi connectivity index (χ0v) is 10.2. The van der Waals surface area contributed by atoms with Gasteiger partial charge < -0.3 is 5.73 Å². The molecule has 0 unspecified atom stereocenters. The average Bonchev–Trinajstić information content (AvgIpc) is 2.74. The number of aromatic nitrogens is 2. The molecule has 1 aromatic carbocycles. The second-order valence-corrected chi connectivity index (χ2v) is 4.71. The fourth-order valence-corrected chi connectivity index (χ4v) is 2.91. The van der Waals surface area contributed by atoms with Crippen LogP contribution in [0.15, 0.2) is 35.7 Å². The molecule has 0 atom stereocenters. The van der Waals surface area contributed by atoms with E-state index in [1.165, 1.54) is 0 Å². The fraction of sp³-hybridized carbons (Fsp3) is 0.0769. The molecule has 4 heteroatoms. The summed E-state index contributed by atoms with van der Waals surface area (Å²) < 4.78 is 0. The Hall–Kier alpha value is -1.94. The second kappa shape index (κ2) is 3.82. The van der Waals surface area contributed by atoms with Gasteiger partial charge in [0.2, 0.25) is 0 Å². The monoisotopic (exact) mass is 241 g/mol. The van der Waals surface area contributed by atoms with Crippen molar-refractivity contribution in [2.75, 3.05) is 5.73 Å². The number of nitrogens with two attached hydrogens (primary N) is 1. The first-order chi connectivity index (χ1) is 8.25. The van der Waals surface area contributed by atoms with E-state index in [0.717, 1.165) is 27.2 Å². The van der Waals surface area contributed by atoms with E-state index in [9.17, 15) is 0 Å². The third kappa shape index (κ3) is 1.66. The SMILES string of the molecule is Cc1nc(N)c2c(-c3ccccc3)csc2n1. The minimum Gasteiger partial charge on any atom is -0.383 e. The number of anilines is 1. The molecule has 0 aliphatic carbocycles. The topological polar surface area (TPSA) is 51.8 Å². The van der Waals surface area contributed by atoms with Crippen molar-refractivity contribution in [1.29, 1.82) is 0 Å². The number of hydrogen-bond donors (Lipinski definition) is 1. The van der Waals surface area contributed by atoms with Gasteiger partial charge >= 0.3 is 0 Å². The molecule has 0 saturated heterocycles. The van der Waals surface area contributed by atoms with Crippen LogP contribution in [-0.2, 0) is 0 Å². The highest BCUT2D eigenvalue weighted by Gasteiger charge is 2.11. The summed E-state index contributed by atoms with van der Waals surface area (Å²) in [7, 11) is 0. The quantitative estimate of drug-likeness (QED) is 0.711. The Morgan fingerprint density at radius 3 is 2.65 bits per heavy atom. The molecule has 84 valence electrons. The lowest BCUT2D eigenvalue weighted by Crippen LogP contribution is -1.95. The van der Waals surface area contributed by atoms with Crippen molar-refractivity contribution in [1.82, 2.24) is 9.97 Å². The number of nitrogen functional groups attached to an aromatic ring is 1. The van der Waals surface area contributed by atoms with Crippen molar-refractivity contribution < 1.29 is 0 Å². The van der Waals surface area contributed by atoms with Gasteiger partial charge in [-0.1, -0.05) is 30.3 Å². The molecule has 2 N–H and O–H groups in total. The van der Waals surface area contributed by atoms with Crippen LogP contribution in [0.25, 0.3) is 21.3 Å². The molecule has 0 aliphatic rings. The molecule has 3 nitrogen and oxygen atoms in total. The summed E-state index contributed by atoms with van der Waals surface area (Å²) in [5.41, 5.74) is 8.26. The van der Waals surface area contributed by atoms with Crippen LogP contribution in [0.5, 0.6) is 0 Å². The maximum Gasteiger partial charge on any atom is 0.136 e. The number of hydrogen-bond acceptors (Lipinski definition) is 4. The van der Waals surface area contributed by atoms with E-state index in [1.807, 2.05) is 25.1 Å². The lowest BCUT2D eigenvalue weighted by atomic mass is 10.1. The Bertz CT molecular complexity index is 674. The summed E-state index contributed by atoms with van der Waals surface area (Å²) in [4.78, 5) is 9.60. The van der Waals surface area contributed by atoms with Crippen LogP contribution < -0.4 is 5.73 Å². The van der Waals surface area contributed by atoms with Crippen molar-refractivity contribution in [3.05, 3.63) is 41.5 Å². The molecule has 0 fully saturated rings. The molecule has 0 radical (unpaired) electrons. The third-order valence-corrected chi connectivity index (χ3v) is 3.53. The number of nitrogens with zero attached hydrogens (tertiary/aromatic N) is 2. The molecule has 0 spiro atoms. The van der Waals surface area contributed by atoms with Gasteiger partial charge in [-0.15, -0.1) is 11.3 Å². The van der Waals surface area contributed by atoms with Gasteiger partial charge in [-0.25, -0.2) is 9.97 Å². The molecule has 0 saturated carbocycles.